The first-order valence-electron chi connectivity index (χ1n) is 7.17. The summed E-state index contributed by atoms with van der Waals surface area (Å²) in [5.41, 5.74) is -5.76. The van der Waals surface area contributed by atoms with Crippen molar-refractivity contribution >= 4 is 12.0 Å². The van der Waals surface area contributed by atoms with Crippen LogP contribution in [0.4, 0.5) is 32.0 Å². The summed E-state index contributed by atoms with van der Waals surface area (Å²) in [6.45, 7) is 0.955. The number of aldehydes is 1. The van der Waals surface area contributed by atoms with E-state index in [1.807, 2.05) is 0 Å². The van der Waals surface area contributed by atoms with Gasteiger partial charge in [-0.2, -0.15) is 26.3 Å². The first kappa shape index (κ1) is 18.6. The summed E-state index contributed by atoms with van der Waals surface area (Å²) in [6.07, 6.45) is -9.81. The number of alkyl halides is 6. The van der Waals surface area contributed by atoms with Crippen molar-refractivity contribution in [3.63, 3.8) is 0 Å². The van der Waals surface area contributed by atoms with Gasteiger partial charge in [0.15, 0.2) is 0 Å². The lowest BCUT2D eigenvalue weighted by Crippen LogP contribution is -2.53. The monoisotopic (exact) mass is 355 g/mol. The van der Waals surface area contributed by atoms with Crippen LogP contribution in [0.25, 0.3) is 0 Å². The van der Waals surface area contributed by atoms with Gasteiger partial charge in [0.25, 0.3) is 5.60 Å². The summed E-state index contributed by atoms with van der Waals surface area (Å²) in [7, 11) is 0. The molecular weight excluding hydrogens is 340 g/mol. The highest BCUT2D eigenvalue weighted by Crippen LogP contribution is 2.50. The standard InChI is InChI=1S/C15H15F6NO2/c16-14(17,18)13(24,15(19,20)21)11-1-3-12(4-2-11)22-7-5-10(9-23)6-8-22/h1-4,9-10,24H,5-8H2. The Hall–Kier alpha value is -1.77. The number of carbonyl (C=O) groups excluding carboxylic acids is 1. The summed E-state index contributed by atoms with van der Waals surface area (Å²) in [6, 6.07) is 3.47. The van der Waals surface area contributed by atoms with Gasteiger partial charge >= 0.3 is 12.4 Å². The molecule has 0 aromatic heterocycles. The number of nitrogens with zero attached hydrogens (tertiary/aromatic N) is 1. The summed E-state index contributed by atoms with van der Waals surface area (Å²) >= 11 is 0. The molecule has 24 heavy (non-hydrogen) atoms. The van der Waals surface area contributed by atoms with Crippen LogP contribution >= 0.6 is 0 Å². The number of hydrogen-bond acceptors (Lipinski definition) is 3. The Balaban J connectivity index is 2.26. The molecule has 1 heterocycles. The molecule has 0 amide bonds. The van der Waals surface area contributed by atoms with Gasteiger partial charge in [0.2, 0.25) is 0 Å². The SMILES string of the molecule is O=CC1CCN(c2ccc(C(O)(C(F)(F)F)C(F)(F)F)cc2)CC1. The highest BCUT2D eigenvalue weighted by Gasteiger charge is 2.71. The van der Waals surface area contributed by atoms with Crippen LogP contribution in [0, 0.1) is 5.92 Å². The number of aliphatic hydroxyl groups is 1. The molecule has 0 radical (unpaired) electrons. The van der Waals surface area contributed by atoms with Crippen molar-refractivity contribution < 1.29 is 36.2 Å². The van der Waals surface area contributed by atoms with E-state index in [1.54, 1.807) is 4.90 Å². The number of hydrogen-bond donors (Lipinski definition) is 1. The molecule has 0 bridgehead atoms. The zero-order valence-electron chi connectivity index (χ0n) is 12.4. The molecule has 134 valence electrons. The molecule has 0 unspecified atom stereocenters. The average molecular weight is 355 g/mol. The highest BCUT2D eigenvalue weighted by atomic mass is 19.4. The second-order valence-electron chi connectivity index (χ2n) is 5.71. The minimum absolute atomic E-state index is 0.0823. The number of rotatable bonds is 3. The smallest absolute Gasteiger partial charge is 0.371 e. The average Bonchev–Trinajstić information content (AvgIpc) is 2.52. The van der Waals surface area contributed by atoms with E-state index in [0.717, 1.165) is 18.4 Å². The van der Waals surface area contributed by atoms with E-state index < -0.39 is 23.5 Å². The molecule has 1 aliphatic heterocycles. The number of piperidine rings is 1. The molecule has 3 nitrogen and oxygen atoms in total. The van der Waals surface area contributed by atoms with Crippen LogP contribution in [0.5, 0.6) is 0 Å². The van der Waals surface area contributed by atoms with E-state index in [4.69, 9.17) is 0 Å². The maximum Gasteiger partial charge on any atom is 0.430 e. The van der Waals surface area contributed by atoms with Gasteiger partial charge in [-0.05, 0) is 25.0 Å². The van der Waals surface area contributed by atoms with Crippen LogP contribution in [0.15, 0.2) is 24.3 Å². The van der Waals surface area contributed by atoms with Crippen molar-refractivity contribution in [3.05, 3.63) is 29.8 Å². The van der Waals surface area contributed by atoms with Crippen LogP contribution in [-0.2, 0) is 10.4 Å². The van der Waals surface area contributed by atoms with Crippen molar-refractivity contribution in [3.8, 4) is 0 Å². The van der Waals surface area contributed by atoms with Gasteiger partial charge in [0.05, 0.1) is 0 Å². The predicted octanol–water partition coefficient (Wildman–Crippen LogP) is 3.41. The Bertz CT molecular complexity index is 559. The molecule has 1 aromatic carbocycles. The predicted molar refractivity (Wildman–Crippen MR) is 73.4 cm³/mol. The molecule has 1 fully saturated rings. The number of anilines is 1. The van der Waals surface area contributed by atoms with E-state index in [9.17, 15) is 36.2 Å². The van der Waals surface area contributed by atoms with Gasteiger partial charge in [-0.3, -0.25) is 0 Å². The quantitative estimate of drug-likeness (QED) is 0.667. The van der Waals surface area contributed by atoms with Gasteiger partial charge in [0, 0.05) is 30.3 Å². The van der Waals surface area contributed by atoms with E-state index >= 15 is 0 Å². The Morgan fingerprint density at radius 1 is 0.958 bits per heavy atom. The van der Waals surface area contributed by atoms with Crippen molar-refractivity contribution in [2.24, 2.45) is 5.92 Å². The Kier molecular flexibility index (Phi) is 4.85. The lowest BCUT2D eigenvalue weighted by molar-refractivity contribution is -0.376. The van der Waals surface area contributed by atoms with Gasteiger partial charge in [-0.25, -0.2) is 0 Å². The largest absolute Gasteiger partial charge is 0.430 e. The zero-order valence-corrected chi connectivity index (χ0v) is 12.4. The van der Waals surface area contributed by atoms with E-state index in [1.165, 1.54) is 0 Å². The van der Waals surface area contributed by atoms with Crippen molar-refractivity contribution in [2.75, 3.05) is 18.0 Å². The summed E-state index contributed by atoms with van der Waals surface area (Å²) in [4.78, 5) is 12.5. The number of carbonyl (C=O) groups is 1. The molecule has 1 saturated heterocycles. The minimum Gasteiger partial charge on any atom is -0.371 e. The first-order chi connectivity index (χ1) is 11.0. The van der Waals surface area contributed by atoms with Crippen LogP contribution in [0.1, 0.15) is 18.4 Å². The van der Waals surface area contributed by atoms with Crippen LogP contribution < -0.4 is 4.90 Å². The summed E-state index contributed by atoms with van der Waals surface area (Å²) in [5, 5.41) is 9.32. The lowest BCUT2D eigenvalue weighted by atomic mass is 9.91. The Morgan fingerprint density at radius 3 is 1.79 bits per heavy atom. The molecule has 0 aliphatic carbocycles. The van der Waals surface area contributed by atoms with Crippen molar-refractivity contribution in [1.29, 1.82) is 0 Å². The van der Waals surface area contributed by atoms with Gasteiger partial charge < -0.3 is 14.8 Å². The molecule has 0 atom stereocenters. The third-order valence-corrected chi connectivity index (χ3v) is 4.20. The topological polar surface area (TPSA) is 40.5 Å². The third-order valence-electron chi connectivity index (χ3n) is 4.20. The van der Waals surface area contributed by atoms with Crippen LogP contribution in [0.2, 0.25) is 0 Å². The molecule has 1 aliphatic rings. The van der Waals surface area contributed by atoms with Gasteiger partial charge in [-0.15, -0.1) is 0 Å². The first-order valence-corrected chi connectivity index (χ1v) is 7.17. The number of halogens is 6. The van der Waals surface area contributed by atoms with Crippen LogP contribution in [-0.4, -0.2) is 36.8 Å². The maximum absolute atomic E-state index is 12.8. The second-order valence-corrected chi connectivity index (χ2v) is 5.71. The van der Waals surface area contributed by atoms with Crippen molar-refractivity contribution in [2.45, 2.75) is 30.8 Å². The van der Waals surface area contributed by atoms with Gasteiger partial charge in [0.1, 0.15) is 6.29 Å². The third kappa shape index (κ3) is 3.22. The fourth-order valence-electron chi connectivity index (χ4n) is 2.70. The second kappa shape index (κ2) is 6.27. The van der Waals surface area contributed by atoms with Crippen LogP contribution in [0.3, 0.4) is 0 Å². The lowest BCUT2D eigenvalue weighted by Gasteiger charge is -2.34. The fourth-order valence-corrected chi connectivity index (χ4v) is 2.70. The number of benzene rings is 1. The molecule has 9 heteroatoms. The highest BCUT2D eigenvalue weighted by molar-refractivity contribution is 5.55. The fraction of sp³-hybridized carbons (Fsp3) is 0.533. The molecule has 1 aromatic rings. The molecule has 0 saturated carbocycles. The zero-order chi connectivity index (χ0) is 18.2. The molecule has 2 rings (SSSR count). The minimum atomic E-state index is -5.89. The Labute approximate surface area is 133 Å². The van der Waals surface area contributed by atoms with Gasteiger partial charge in [-0.1, -0.05) is 12.1 Å². The summed E-state index contributed by atoms with van der Waals surface area (Å²) in [5.74, 6) is -0.0823. The summed E-state index contributed by atoms with van der Waals surface area (Å²) < 4.78 is 76.9. The van der Waals surface area contributed by atoms with E-state index in [-0.39, 0.29) is 5.92 Å². The molecule has 1 N–H and O–H groups in total. The molecular formula is C15H15F6NO2. The van der Waals surface area contributed by atoms with E-state index in [2.05, 4.69) is 0 Å². The normalized spacial score (nSPS) is 17.9. The Morgan fingerprint density at radius 2 is 1.42 bits per heavy atom. The molecule has 0 spiro atoms. The maximum atomic E-state index is 12.8. The van der Waals surface area contributed by atoms with Crippen molar-refractivity contribution in [1.82, 2.24) is 0 Å². The van der Waals surface area contributed by atoms with E-state index in [0.29, 0.717) is 43.8 Å².